The SMILES string of the molecule is COc1ccc(Br)cc1-c1nc(C(C)(C)C)c(C(=O)O)s1. The molecule has 1 aromatic heterocycles. The Kier molecular flexibility index (Phi) is 4.39. The van der Waals surface area contributed by atoms with Gasteiger partial charge in [-0.05, 0) is 18.2 Å². The standard InChI is InChI=1S/C15H16BrNO3S/c1-15(2,3)12-11(14(18)19)21-13(17-12)9-7-8(16)5-6-10(9)20-4/h5-7H,1-4H3,(H,18,19). The maximum atomic E-state index is 11.5. The molecule has 1 heterocycles. The number of methoxy groups -OCH3 is 1. The van der Waals surface area contributed by atoms with Crippen LogP contribution >= 0.6 is 27.3 Å². The first-order valence-electron chi connectivity index (χ1n) is 6.32. The van der Waals surface area contributed by atoms with Crippen molar-refractivity contribution in [2.75, 3.05) is 7.11 Å². The highest BCUT2D eigenvalue weighted by molar-refractivity contribution is 9.10. The fraction of sp³-hybridized carbons (Fsp3) is 0.333. The molecule has 0 bridgehead atoms. The predicted molar refractivity (Wildman–Crippen MR) is 87.5 cm³/mol. The number of carboxylic acid groups (broad SMARTS) is 1. The summed E-state index contributed by atoms with van der Waals surface area (Å²) in [6, 6.07) is 5.59. The number of aromatic nitrogens is 1. The van der Waals surface area contributed by atoms with Crippen molar-refractivity contribution in [1.82, 2.24) is 4.98 Å². The molecule has 0 spiro atoms. The Morgan fingerprint density at radius 2 is 2.05 bits per heavy atom. The van der Waals surface area contributed by atoms with Gasteiger partial charge in [-0.15, -0.1) is 11.3 Å². The lowest BCUT2D eigenvalue weighted by atomic mass is 9.91. The van der Waals surface area contributed by atoms with E-state index >= 15 is 0 Å². The van der Waals surface area contributed by atoms with Crippen molar-refractivity contribution in [1.29, 1.82) is 0 Å². The molecule has 0 radical (unpaired) electrons. The van der Waals surface area contributed by atoms with E-state index in [2.05, 4.69) is 20.9 Å². The first kappa shape index (κ1) is 16.0. The van der Waals surface area contributed by atoms with Gasteiger partial charge in [-0.3, -0.25) is 0 Å². The van der Waals surface area contributed by atoms with Crippen LogP contribution in [0.4, 0.5) is 0 Å². The molecule has 0 fully saturated rings. The van der Waals surface area contributed by atoms with E-state index in [1.807, 2.05) is 39.0 Å². The van der Waals surface area contributed by atoms with Crippen molar-refractivity contribution < 1.29 is 14.6 Å². The van der Waals surface area contributed by atoms with Crippen LogP contribution in [0, 0.1) is 0 Å². The molecule has 6 heteroatoms. The van der Waals surface area contributed by atoms with Crippen LogP contribution in [0.25, 0.3) is 10.6 Å². The van der Waals surface area contributed by atoms with Crippen LogP contribution in [0.3, 0.4) is 0 Å². The third-order valence-electron chi connectivity index (χ3n) is 2.92. The van der Waals surface area contributed by atoms with Gasteiger partial charge in [0.15, 0.2) is 0 Å². The van der Waals surface area contributed by atoms with E-state index in [4.69, 9.17) is 4.74 Å². The number of ether oxygens (including phenoxy) is 1. The monoisotopic (exact) mass is 369 g/mol. The summed E-state index contributed by atoms with van der Waals surface area (Å²) in [4.78, 5) is 16.3. The summed E-state index contributed by atoms with van der Waals surface area (Å²) in [7, 11) is 1.59. The number of carbonyl (C=O) groups is 1. The molecule has 0 saturated heterocycles. The minimum absolute atomic E-state index is 0.277. The zero-order valence-electron chi connectivity index (χ0n) is 12.2. The number of carboxylic acids is 1. The molecule has 1 aromatic carbocycles. The van der Waals surface area contributed by atoms with Gasteiger partial charge in [0.2, 0.25) is 0 Å². The van der Waals surface area contributed by atoms with Crippen molar-refractivity contribution in [3.63, 3.8) is 0 Å². The molecule has 4 nitrogen and oxygen atoms in total. The zero-order chi connectivity index (χ0) is 15.8. The molecule has 0 aliphatic rings. The second kappa shape index (κ2) is 5.77. The zero-order valence-corrected chi connectivity index (χ0v) is 14.6. The Bertz CT molecular complexity index is 689. The van der Waals surface area contributed by atoms with Gasteiger partial charge in [0, 0.05) is 9.89 Å². The maximum absolute atomic E-state index is 11.5. The molecular formula is C15H16BrNO3S. The Labute approximate surface area is 135 Å². The van der Waals surface area contributed by atoms with E-state index in [9.17, 15) is 9.90 Å². The molecule has 0 aliphatic heterocycles. The summed E-state index contributed by atoms with van der Waals surface area (Å²) in [5.74, 6) is -0.276. The first-order chi connectivity index (χ1) is 9.74. The minimum atomic E-state index is -0.947. The lowest BCUT2D eigenvalue weighted by Crippen LogP contribution is -2.16. The van der Waals surface area contributed by atoms with Crippen LogP contribution in [-0.4, -0.2) is 23.2 Å². The van der Waals surface area contributed by atoms with E-state index in [0.717, 1.165) is 10.0 Å². The van der Waals surface area contributed by atoms with Crippen LogP contribution in [0.2, 0.25) is 0 Å². The van der Waals surface area contributed by atoms with Gasteiger partial charge in [0.25, 0.3) is 0 Å². The highest BCUT2D eigenvalue weighted by Crippen LogP contribution is 2.39. The van der Waals surface area contributed by atoms with Crippen molar-refractivity contribution in [3.8, 4) is 16.3 Å². The van der Waals surface area contributed by atoms with E-state index in [-0.39, 0.29) is 10.3 Å². The van der Waals surface area contributed by atoms with Gasteiger partial charge >= 0.3 is 5.97 Å². The topological polar surface area (TPSA) is 59.4 Å². The normalized spacial score (nSPS) is 11.5. The quantitative estimate of drug-likeness (QED) is 0.859. The number of thiazole rings is 1. The third kappa shape index (κ3) is 3.27. The Hall–Kier alpha value is -1.40. The lowest BCUT2D eigenvalue weighted by molar-refractivity contribution is 0.0699. The van der Waals surface area contributed by atoms with Gasteiger partial charge < -0.3 is 9.84 Å². The second-order valence-corrected chi connectivity index (χ2v) is 7.51. The number of aromatic carboxylic acids is 1. The molecule has 0 amide bonds. The molecule has 2 rings (SSSR count). The summed E-state index contributed by atoms with van der Waals surface area (Å²) in [6.07, 6.45) is 0. The predicted octanol–water partition coefficient (Wildman–Crippen LogP) is 4.58. The number of rotatable bonds is 3. The highest BCUT2D eigenvalue weighted by atomic mass is 79.9. The first-order valence-corrected chi connectivity index (χ1v) is 7.93. The summed E-state index contributed by atoms with van der Waals surface area (Å²) >= 11 is 4.60. The summed E-state index contributed by atoms with van der Waals surface area (Å²) in [5, 5.41) is 10.0. The highest BCUT2D eigenvalue weighted by Gasteiger charge is 2.28. The summed E-state index contributed by atoms with van der Waals surface area (Å²) in [6.45, 7) is 5.86. The average Bonchev–Trinajstić information content (AvgIpc) is 2.83. The van der Waals surface area contributed by atoms with E-state index < -0.39 is 5.97 Å². The van der Waals surface area contributed by atoms with Crippen LogP contribution in [-0.2, 0) is 5.41 Å². The van der Waals surface area contributed by atoms with Gasteiger partial charge in [0.05, 0.1) is 18.4 Å². The molecule has 0 atom stereocenters. The maximum Gasteiger partial charge on any atom is 0.347 e. The van der Waals surface area contributed by atoms with Crippen molar-refractivity contribution in [2.24, 2.45) is 0 Å². The van der Waals surface area contributed by atoms with Gasteiger partial charge in [-0.25, -0.2) is 9.78 Å². The fourth-order valence-corrected chi connectivity index (χ4v) is 3.43. The molecule has 1 N–H and O–H groups in total. The Morgan fingerprint density at radius 3 is 2.52 bits per heavy atom. The molecule has 112 valence electrons. The summed E-state index contributed by atoms with van der Waals surface area (Å²) < 4.78 is 6.24. The van der Waals surface area contributed by atoms with Crippen LogP contribution in [0.5, 0.6) is 5.75 Å². The third-order valence-corrected chi connectivity index (χ3v) is 4.49. The van der Waals surface area contributed by atoms with Crippen LogP contribution in [0.1, 0.15) is 36.1 Å². The van der Waals surface area contributed by atoms with Crippen molar-refractivity contribution in [2.45, 2.75) is 26.2 Å². The van der Waals surface area contributed by atoms with Gasteiger partial charge in [-0.2, -0.15) is 0 Å². The van der Waals surface area contributed by atoms with Gasteiger partial charge in [-0.1, -0.05) is 36.7 Å². The van der Waals surface area contributed by atoms with Crippen molar-refractivity contribution in [3.05, 3.63) is 33.2 Å². The van der Waals surface area contributed by atoms with Crippen LogP contribution < -0.4 is 4.74 Å². The number of hydrogen-bond donors (Lipinski definition) is 1. The molecule has 0 unspecified atom stereocenters. The smallest absolute Gasteiger partial charge is 0.347 e. The van der Waals surface area contributed by atoms with Crippen molar-refractivity contribution >= 4 is 33.2 Å². The molecule has 2 aromatic rings. The van der Waals surface area contributed by atoms with E-state index in [1.165, 1.54) is 11.3 Å². The summed E-state index contributed by atoms with van der Waals surface area (Å²) in [5.41, 5.74) is 1.05. The second-order valence-electron chi connectivity index (χ2n) is 5.60. The largest absolute Gasteiger partial charge is 0.496 e. The van der Waals surface area contributed by atoms with E-state index in [0.29, 0.717) is 16.5 Å². The number of halogens is 1. The van der Waals surface area contributed by atoms with Gasteiger partial charge in [0.1, 0.15) is 15.6 Å². The van der Waals surface area contributed by atoms with Crippen LogP contribution in [0.15, 0.2) is 22.7 Å². The number of nitrogens with zero attached hydrogens (tertiary/aromatic N) is 1. The molecule has 21 heavy (non-hydrogen) atoms. The minimum Gasteiger partial charge on any atom is -0.496 e. The Morgan fingerprint density at radius 1 is 1.38 bits per heavy atom. The van der Waals surface area contributed by atoms with E-state index in [1.54, 1.807) is 7.11 Å². The number of benzene rings is 1. The lowest BCUT2D eigenvalue weighted by Gasteiger charge is -2.16. The average molecular weight is 370 g/mol. The molecule has 0 aliphatic carbocycles. The Balaban J connectivity index is 2.66. The molecule has 0 saturated carbocycles. The molecular weight excluding hydrogens is 354 g/mol. The fourth-order valence-electron chi connectivity index (χ4n) is 1.94. The number of hydrogen-bond acceptors (Lipinski definition) is 4.